The van der Waals surface area contributed by atoms with Crippen molar-refractivity contribution in [1.29, 1.82) is 0 Å². The standard InChI is InChI=1S/C24H22N2O/c1-27-20-14-11-18(12-15-20)24-22-16-13-17-7-5-6-10-21(17)23(22)25-26(24)19-8-3-2-4-9-19/h2-12,14-15,22,24H,13,16H2,1H3/t22-,24+/m0/s1. The third kappa shape index (κ3) is 2.71. The van der Waals surface area contributed by atoms with Crippen LogP contribution in [0.15, 0.2) is 84.0 Å². The summed E-state index contributed by atoms with van der Waals surface area (Å²) >= 11 is 0. The number of para-hydroxylation sites is 1. The number of hydrazone groups is 1. The molecule has 0 aromatic heterocycles. The number of ether oxygens (including phenoxy) is 1. The molecule has 0 amide bonds. The van der Waals surface area contributed by atoms with Gasteiger partial charge in [-0.05, 0) is 48.2 Å². The molecule has 3 aromatic rings. The lowest BCUT2D eigenvalue weighted by Crippen LogP contribution is -2.28. The van der Waals surface area contributed by atoms with Crippen LogP contribution in [0.2, 0.25) is 0 Å². The van der Waals surface area contributed by atoms with Crippen LogP contribution in [0.5, 0.6) is 5.75 Å². The summed E-state index contributed by atoms with van der Waals surface area (Å²) in [4.78, 5) is 0. The van der Waals surface area contributed by atoms with Gasteiger partial charge in [-0.2, -0.15) is 5.10 Å². The van der Waals surface area contributed by atoms with Crippen molar-refractivity contribution in [2.45, 2.75) is 18.9 Å². The van der Waals surface area contributed by atoms with Gasteiger partial charge in [0.15, 0.2) is 0 Å². The van der Waals surface area contributed by atoms with E-state index < -0.39 is 0 Å². The van der Waals surface area contributed by atoms with Crippen LogP contribution in [-0.2, 0) is 6.42 Å². The van der Waals surface area contributed by atoms with Crippen LogP contribution in [0.1, 0.15) is 29.2 Å². The highest BCUT2D eigenvalue weighted by atomic mass is 16.5. The van der Waals surface area contributed by atoms with Crippen molar-refractivity contribution in [3.63, 3.8) is 0 Å². The number of fused-ring (bicyclic) bond motifs is 3. The van der Waals surface area contributed by atoms with Gasteiger partial charge in [-0.15, -0.1) is 0 Å². The van der Waals surface area contributed by atoms with Crippen molar-refractivity contribution in [1.82, 2.24) is 0 Å². The van der Waals surface area contributed by atoms with Crippen LogP contribution in [0, 0.1) is 5.92 Å². The maximum atomic E-state index is 5.35. The van der Waals surface area contributed by atoms with E-state index >= 15 is 0 Å². The molecule has 0 saturated carbocycles. The first-order chi connectivity index (χ1) is 13.3. The number of rotatable bonds is 3. The number of anilines is 1. The molecule has 3 aromatic carbocycles. The highest BCUT2D eigenvalue weighted by Gasteiger charge is 2.41. The van der Waals surface area contributed by atoms with Crippen molar-refractivity contribution in [2.24, 2.45) is 11.0 Å². The van der Waals surface area contributed by atoms with Crippen molar-refractivity contribution < 1.29 is 4.74 Å². The van der Waals surface area contributed by atoms with Crippen molar-refractivity contribution in [2.75, 3.05) is 12.1 Å². The molecule has 2 aliphatic rings. The Morgan fingerprint density at radius 1 is 0.889 bits per heavy atom. The fourth-order valence-corrected chi connectivity index (χ4v) is 4.39. The third-order valence-electron chi connectivity index (χ3n) is 5.71. The van der Waals surface area contributed by atoms with Gasteiger partial charge in [0.2, 0.25) is 0 Å². The Morgan fingerprint density at radius 2 is 1.63 bits per heavy atom. The van der Waals surface area contributed by atoms with E-state index in [4.69, 9.17) is 9.84 Å². The molecule has 5 rings (SSSR count). The minimum atomic E-state index is 0.210. The van der Waals surface area contributed by atoms with Gasteiger partial charge in [-0.25, -0.2) is 0 Å². The Kier molecular flexibility index (Phi) is 3.93. The number of nitrogens with zero attached hydrogens (tertiary/aromatic N) is 2. The van der Waals surface area contributed by atoms with Crippen molar-refractivity contribution >= 4 is 11.4 Å². The molecule has 0 bridgehead atoms. The van der Waals surface area contributed by atoms with Crippen molar-refractivity contribution in [3.8, 4) is 5.75 Å². The zero-order valence-corrected chi connectivity index (χ0v) is 15.4. The van der Waals surface area contributed by atoms with E-state index in [-0.39, 0.29) is 6.04 Å². The smallest absolute Gasteiger partial charge is 0.118 e. The lowest BCUT2D eigenvalue weighted by molar-refractivity contribution is 0.414. The molecule has 0 spiro atoms. The average molecular weight is 354 g/mol. The molecule has 0 fully saturated rings. The van der Waals surface area contributed by atoms with E-state index in [1.54, 1.807) is 7.11 Å². The average Bonchev–Trinajstić information content (AvgIpc) is 3.14. The van der Waals surface area contributed by atoms with Gasteiger partial charge >= 0.3 is 0 Å². The lowest BCUT2D eigenvalue weighted by atomic mass is 9.77. The topological polar surface area (TPSA) is 24.8 Å². The van der Waals surface area contributed by atoms with Crippen LogP contribution in [-0.4, -0.2) is 12.8 Å². The molecule has 1 aliphatic heterocycles. The normalized spacial score (nSPS) is 20.6. The van der Waals surface area contributed by atoms with Gasteiger partial charge < -0.3 is 4.74 Å². The maximum Gasteiger partial charge on any atom is 0.118 e. The van der Waals surface area contributed by atoms with Crippen LogP contribution in [0.3, 0.4) is 0 Å². The van der Waals surface area contributed by atoms with E-state index in [1.807, 2.05) is 12.1 Å². The summed E-state index contributed by atoms with van der Waals surface area (Å²) in [5.41, 5.74) is 6.36. The summed E-state index contributed by atoms with van der Waals surface area (Å²) < 4.78 is 5.35. The largest absolute Gasteiger partial charge is 0.497 e. The number of methoxy groups -OCH3 is 1. The monoisotopic (exact) mass is 354 g/mol. The molecular weight excluding hydrogens is 332 g/mol. The molecule has 0 saturated heterocycles. The summed E-state index contributed by atoms with van der Waals surface area (Å²) in [5.74, 6) is 1.28. The zero-order valence-electron chi connectivity index (χ0n) is 15.4. The number of benzene rings is 3. The second-order valence-electron chi connectivity index (χ2n) is 7.19. The minimum absolute atomic E-state index is 0.210. The van der Waals surface area contributed by atoms with Gasteiger partial charge in [0.1, 0.15) is 5.75 Å². The zero-order chi connectivity index (χ0) is 18.2. The van der Waals surface area contributed by atoms with Crippen LogP contribution in [0.4, 0.5) is 5.69 Å². The third-order valence-corrected chi connectivity index (χ3v) is 5.71. The maximum absolute atomic E-state index is 5.35. The van der Waals surface area contributed by atoms with E-state index in [0.717, 1.165) is 24.3 Å². The highest BCUT2D eigenvalue weighted by Crippen LogP contribution is 2.45. The quantitative estimate of drug-likeness (QED) is 0.644. The van der Waals surface area contributed by atoms with Gasteiger partial charge in [0.25, 0.3) is 0 Å². The van der Waals surface area contributed by atoms with E-state index in [2.05, 4.69) is 71.7 Å². The Balaban J connectivity index is 1.62. The van der Waals surface area contributed by atoms with Crippen molar-refractivity contribution in [3.05, 3.63) is 95.6 Å². The van der Waals surface area contributed by atoms with E-state index in [0.29, 0.717) is 5.92 Å². The SMILES string of the molecule is COc1ccc([C@@H]2[C@H]3CCc4ccccc4C3=NN2c2ccccc2)cc1. The predicted octanol–water partition coefficient (Wildman–Crippen LogP) is 5.22. The fourth-order valence-electron chi connectivity index (χ4n) is 4.39. The van der Waals surface area contributed by atoms with E-state index in [1.165, 1.54) is 22.4 Å². The highest BCUT2D eigenvalue weighted by molar-refractivity contribution is 6.07. The molecule has 3 heteroatoms. The first-order valence-electron chi connectivity index (χ1n) is 9.50. The Bertz CT molecular complexity index is 979. The number of hydrogen-bond donors (Lipinski definition) is 0. The number of aryl methyl sites for hydroxylation is 1. The minimum Gasteiger partial charge on any atom is -0.497 e. The van der Waals surface area contributed by atoms with Gasteiger partial charge in [0.05, 0.1) is 24.6 Å². The molecule has 27 heavy (non-hydrogen) atoms. The summed E-state index contributed by atoms with van der Waals surface area (Å²) in [6.45, 7) is 0. The molecule has 1 heterocycles. The molecule has 1 aliphatic carbocycles. The van der Waals surface area contributed by atoms with E-state index in [9.17, 15) is 0 Å². The van der Waals surface area contributed by atoms with Crippen LogP contribution < -0.4 is 9.75 Å². The molecule has 134 valence electrons. The second kappa shape index (κ2) is 6.58. The summed E-state index contributed by atoms with van der Waals surface area (Å²) in [6.07, 6.45) is 2.23. The van der Waals surface area contributed by atoms with Crippen LogP contribution >= 0.6 is 0 Å². The molecule has 0 unspecified atom stereocenters. The fraction of sp³-hybridized carbons (Fsp3) is 0.208. The molecular formula is C24H22N2O. The predicted molar refractivity (Wildman–Crippen MR) is 109 cm³/mol. The second-order valence-corrected chi connectivity index (χ2v) is 7.19. The summed E-state index contributed by atoms with van der Waals surface area (Å²) in [6, 6.07) is 27.9. The Hall–Kier alpha value is -3.07. The molecule has 0 radical (unpaired) electrons. The van der Waals surface area contributed by atoms with Crippen LogP contribution in [0.25, 0.3) is 0 Å². The summed E-state index contributed by atoms with van der Waals surface area (Å²) in [7, 11) is 1.71. The Morgan fingerprint density at radius 3 is 2.41 bits per heavy atom. The summed E-state index contributed by atoms with van der Waals surface area (Å²) in [5, 5.41) is 7.35. The molecule has 3 nitrogen and oxygen atoms in total. The molecule has 2 atom stereocenters. The van der Waals surface area contributed by atoms with Gasteiger partial charge in [-0.1, -0.05) is 54.6 Å². The number of hydrogen-bond acceptors (Lipinski definition) is 3. The first-order valence-corrected chi connectivity index (χ1v) is 9.50. The molecule has 0 N–H and O–H groups in total. The Labute approximate surface area is 159 Å². The van der Waals surface area contributed by atoms with Gasteiger partial charge in [-0.3, -0.25) is 5.01 Å². The van der Waals surface area contributed by atoms with Gasteiger partial charge in [0, 0.05) is 11.5 Å². The lowest BCUT2D eigenvalue weighted by Gasteiger charge is -2.30. The first kappa shape index (κ1) is 16.1.